The Bertz CT molecular complexity index is 448. The van der Waals surface area contributed by atoms with Crippen LogP contribution in [0.25, 0.3) is 0 Å². The molecule has 0 saturated carbocycles. The summed E-state index contributed by atoms with van der Waals surface area (Å²) in [4.78, 5) is 24.2. The van der Waals surface area contributed by atoms with Gasteiger partial charge in [0.05, 0.1) is 5.69 Å². The van der Waals surface area contributed by atoms with Gasteiger partial charge in [-0.3, -0.25) is 4.79 Å². The first-order chi connectivity index (χ1) is 11.8. The second-order valence-electron chi connectivity index (χ2n) is 6.22. The lowest BCUT2D eigenvalue weighted by Gasteiger charge is -2.16. The average molecular weight is 332 g/mol. The van der Waals surface area contributed by atoms with Crippen LogP contribution in [0.2, 0.25) is 0 Å². The Morgan fingerprint density at radius 3 is 2.00 bits per heavy atom. The van der Waals surface area contributed by atoms with Gasteiger partial charge in [0, 0.05) is 6.54 Å². The van der Waals surface area contributed by atoms with Crippen LogP contribution in [0, 0.1) is 0 Å². The number of nitrogens with one attached hydrogen (secondary N) is 1. The molecular weight excluding hydrogens is 300 g/mol. The van der Waals surface area contributed by atoms with E-state index in [1.54, 1.807) is 24.3 Å². The van der Waals surface area contributed by atoms with Crippen LogP contribution in [0.15, 0.2) is 30.3 Å². The van der Waals surface area contributed by atoms with Crippen molar-refractivity contribution in [3.8, 4) is 0 Å². The number of carbonyl (C=O) groups is 2. The number of carbonyl (C=O) groups excluding carboxylic acids is 2. The first kappa shape index (κ1) is 20.2. The number of nitrogens with zero attached hydrogens (tertiary/aromatic N) is 1. The molecule has 1 aromatic rings. The lowest BCUT2D eigenvalue weighted by Crippen LogP contribution is -2.39. The summed E-state index contributed by atoms with van der Waals surface area (Å²) >= 11 is 0. The van der Waals surface area contributed by atoms with Gasteiger partial charge in [0.2, 0.25) is 6.41 Å². The van der Waals surface area contributed by atoms with Crippen LogP contribution in [0.1, 0.15) is 71.1 Å². The molecule has 4 nitrogen and oxygen atoms in total. The van der Waals surface area contributed by atoms with Gasteiger partial charge in [-0.1, -0.05) is 82.9 Å². The fourth-order valence-electron chi connectivity index (χ4n) is 2.71. The third kappa shape index (κ3) is 8.70. The predicted molar refractivity (Wildman–Crippen MR) is 100 cm³/mol. The number of amides is 3. The predicted octanol–water partition coefficient (Wildman–Crippen LogP) is 5.28. The van der Waals surface area contributed by atoms with E-state index < -0.39 is 0 Å². The van der Waals surface area contributed by atoms with Crippen LogP contribution < -0.4 is 10.2 Å². The zero-order chi connectivity index (χ0) is 17.5. The maximum absolute atomic E-state index is 12.0. The zero-order valence-corrected chi connectivity index (χ0v) is 15.0. The quantitative estimate of drug-likeness (QED) is 0.394. The normalized spacial score (nSPS) is 10.4. The molecule has 134 valence electrons. The Labute approximate surface area is 146 Å². The molecule has 0 aromatic heterocycles. The highest BCUT2D eigenvalue weighted by molar-refractivity contribution is 6.05. The van der Waals surface area contributed by atoms with E-state index in [0.717, 1.165) is 17.7 Å². The van der Waals surface area contributed by atoms with E-state index in [2.05, 4.69) is 12.2 Å². The van der Waals surface area contributed by atoms with Crippen LogP contribution in [0.5, 0.6) is 0 Å². The largest absolute Gasteiger partial charge is 0.337 e. The van der Waals surface area contributed by atoms with E-state index in [1.807, 2.05) is 6.07 Å². The van der Waals surface area contributed by atoms with E-state index in [9.17, 15) is 9.59 Å². The molecule has 0 radical (unpaired) electrons. The minimum Gasteiger partial charge on any atom is -0.337 e. The second-order valence-corrected chi connectivity index (χ2v) is 6.22. The van der Waals surface area contributed by atoms with Crippen LogP contribution in [0.4, 0.5) is 10.5 Å². The first-order valence-electron chi connectivity index (χ1n) is 9.37. The van der Waals surface area contributed by atoms with Crippen LogP contribution in [-0.4, -0.2) is 19.0 Å². The molecule has 1 N–H and O–H groups in total. The lowest BCUT2D eigenvalue weighted by molar-refractivity contribution is -0.106. The summed E-state index contributed by atoms with van der Waals surface area (Å²) < 4.78 is 0. The number of anilines is 1. The molecule has 24 heavy (non-hydrogen) atoms. The highest BCUT2D eigenvalue weighted by Crippen LogP contribution is 2.12. The third-order valence-electron chi connectivity index (χ3n) is 4.17. The van der Waals surface area contributed by atoms with Gasteiger partial charge in [-0.05, 0) is 18.6 Å². The van der Waals surface area contributed by atoms with E-state index in [4.69, 9.17) is 0 Å². The Hall–Kier alpha value is -1.84. The van der Waals surface area contributed by atoms with E-state index in [0.29, 0.717) is 18.6 Å². The topological polar surface area (TPSA) is 49.4 Å². The fraction of sp³-hybridized carbons (Fsp3) is 0.600. The summed E-state index contributed by atoms with van der Waals surface area (Å²) in [6.45, 7) is 2.86. The number of urea groups is 1. The van der Waals surface area contributed by atoms with E-state index in [1.165, 1.54) is 51.4 Å². The van der Waals surface area contributed by atoms with Gasteiger partial charge in [0.1, 0.15) is 0 Å². The van der Waals surface area contributed by atoms with Gasteiger partial charge < -0.3 is 5.32 Å². The molecular formula is C20H32N2O2. The maximum Gasteiger partial charge on any atom is 0.328 e. The fourth-order valence-corrected chi connectivity index (χ4v) is 2.71. The molecule has 0 aliphatic rings. The number of imide groups is 1. The molecule has 4 heteroatoms. The first-order valence-corrected chi connectivity index (χ1v) is 9.37. The van der Waals surface area contributed by atoms with Gasteiger partial charge in [-0.25, -0.2) is 9.69 Å². The Morgan fingerprint density at radius 2 is 1.46 bits per heavy atom. The smallest absolute Gasteiger partial charge is 0.328 e. The summed E-state index contributed by atoms with van der Waals surface area (Å²) in [5, 5.41) is 2.81. The zero-order valence-electron chi connectivity index (χ0n) is 15.0. The molecule has 0 aliphatic carbocycles. The average Bonchev–Trinajstić information content (AvgIpc) is 2.61. The van der Waals surface area contributed by atoms with Gasteiger partial charge in [-0.15, -0.1) is 0 Å². The molecule has 3 amide bonds. The van der Waals surface area contributed by atoms with Crippen molar-refractivity contribution in [1.82, 2.24) is 5.32 Å². The molecule has 0 fully saturated rings. The second kappa shape index (κ2) is 13.6. The summed E-state index contributed by atoms with van der Waals surface area (Å²) in [6.07, 6.45) is 13.2. The minimum absolute atomic E-state index is 0.355. The third-order valence-corrected chi connectivity index (χ3v) is 4.17. The van der Waals surface area contributed by atoms with Crippen molar-refractivity contribution in [2.45, 2.75) is 71.1 Å². The van der Waals surface area contributed by atoms with Crippen LogP contribution >= 0.6 is 0 Å². The molecule has 1 rings (SSSR count). The molecule has 0 aliphatic heterocycles. The SMILES string of the molecule is CCCCCCCCCCCCNC(=O)N(C=O)c1ccccc1. The lowest BCUT2D eigenvalue weighted by atomic mass is 10.1. The van der Waals surface area contributed by atoms with E-state index >= 15 is 0 Å². The number of hydrogen-bond acceptors (Lipinski definition) is 2. The highest BCUT2D eigenvalue weighted by atomic mass is 16.2. The number of hydrogen-bond donors (Lipinski definition) is 1. The van der Waals surface area contributed by atoms with Gasteiger partial charge in [0.25, 0.3) is 0 Å². The molecule has 0 atom stereocenters. The highest BCUT2D eigenvalue weighted by Gasteiger charge is 2.13. The van der Waals surface area contributed by atoms with Crippen molar-refractivity contribution in [2.24, 2.45) is 0 Å². The monoisotopic (exact) mass is 332 g/mol. The number of benzene rings is 1. The van der Waals surface area contributed by atoms with Crippen molar-refractivity contribution in [3.63, 3.8) is 0 Å². The molecule has 1 aromatic carbocycles. The summed E-state index contributed by atoms with van der Waals surface area (Å²) in [7, 11) is 0. The van der Waals surface area contributed by atoms with Crippen molar-refractivity contribution in [1.29, 1.82) is 0 Å². The Balaban J connectivity index is 2.04. The molecule has 0 spiro atoms. The van der Waals surface area contributed by atoms with Crippen LogP contribution in [-0.2, 0) is 4.79 Å². The maximum atomic E-state index is 12.0. The van der Waals surface area contributed by atoms with Gasteiger partial charge in [0.15, 0.2) is 0 Å². The molecule has 0 bridgehead atoms. The van der Waals surface area contributed by atoms with Gasteiger partial charge in [-0.2, -0.15) is 0 Å². The molecule has 0 unspecified atom stereocenters. The number of para-hydroxylation sites is 1. The Kier molecular flexibility index (Phi) is 11.4. The summed E-state index contributed by atoms with van der Waals surface area (Å²) in [5.74, 6) is 0. The number of unbranched alkanes of at least 4 members (excludes halogenated alkanes) is 9. The summed E-state index contributed by atoms with van der Waals surface area (Å²) in [5.41, 5.74) is 0.591. The standard InChI is InChI=1S/C20H32N2O2/c1-2-3-4-5-6-7-8-9-10-14-17-21-20(24)22(18-23)19-15-12-11-13-16-19/h11-13,15-16,18H,2-10,14,17H2,1H3,(H,21,24). The minimum atomic E-state index is -0.355. The molecule has 0 heterocycles. The van der Waals surface area contributed by atoms with Gasteiger partial charge >= 0.3 is 6.03 Å². The number of rotatable bonds is 13. The van der Waals surface area contributed by atoms with Crippen molar-refractivity contribution < 1.29 is 9.59 Å². The Morgan fingerprint density at radius 1 is 0.917 bits per heavy atom. The van der Waals surface area contributed by atoms with Crippen molar-refractivity contribution >= 4 is 18.1 Å². The van der Waals surface area contributed by atoms with Crippen LogP contribution in [0.3, 0.4) is 0 Å². The van der Waals surface area contributed by atoms with Crippen molar-refractivity contribution in [2.75, 3.05) is 11.4 Å². The molecule has 0 saturated heterocycles. The summed E-state index contributed by atoms with van der Waals surface area (Å²) in [6, 6.07) is 8.60. The van der Waals surface area contributed by atoms with E-state index in [-0.39, 0.29) is 6.03 Å². The van der Waals surface area contributed by atoms with Crippen molar-refractivity contribution in [3.05, 3.63) is 30.3 Å².